The van der Waals surface area contributed by atoms with Gasteiger partial charge in [-0.1, -0.05) is 44.2 Å². The van der Waals surface area contributed by atoms with Gasteiger partial charge in [-0.15, -0.1) is 0 Å². The third-order valence-corrected chi connectivity index (χ3v) is 3.54. The molecule has 0 spiro atoms. The average molecular weight is 263 g/mol. The van der Waals surface area contributed by atoms with Crippen molar-refractivity contribution in [3.05, 3.63) is 35.9 Å². The summed E-state index contributed by atoms with van der Waals surface area (Å²) >= 11 is 0. The van der Waals surface area contributed by atoms with Crippen LogP contribution >= 0.6 is 0 Å². The smallest absolute Gasteiger partial charge is 0.324 e. The van der Waals surface area contributed by atoms with Gasteiger partial charge in [-0.25, -0.2) is 0 Å². The molecule has 19 heavy (non-hydrogen) atoms. The van der Waals surface area contributed by atoms with Crippen LogP contribution in [-0.2, 0) is 11.2 Å². The van der Waals surface area contributed by atoms with E-state index in [4.69, 9.17) is 0 Å². The Balaban J connectivity index is 2.97. The fourth-order valence-electron chi connectivity index (χ4n) is 2.46. The van der Waals surface area contributed by atoms with Crippen LogP contribution in [0.1, 0.15) is 39.2 Å². The summed E-state index contributed by atoms with van der Waals surface area (Å²) in [5.41, 5.74) is 0.248. The van der Waals surface area contributed by atoms with E-state index in [0.717, 1.165) is 31.5 Å². The number of carbonyl (C=O) groups is 1. The van der Waals surface area contributed by atoms with Crippen LogP contribution in [0.4, 0.5) is 0 Å². The molecule has 106 valence electrons. The standard InChI is InChI=1S/C16H25NO2/c1-4-11-17(12-5-2)16(3,15(18)19)13-14-9-7-6-8-10-14/h6-10H,4-5,11-13H2,1-3H3,(H,18,19). The minimum absolute atomic E-state index is 0.545. The van der Waals surface area contributed by atoms with E-state index in [2.05, 4.69) is 18.7 Å². The number of hydrogen-bond donors (Lipinski definition) is 1. The Bertz CT molecular complexity index is 385. The molecule has 1 aromatic carbocycles. The van der Waals surface area contributed by atoms with Gasteiger partial charge in [0.25, 0.3) is 0 Å². The summed E-state index contributed by atoms with van der Waals surface area (Å²) < 4.78 is 0. The van der Waals surface area contributed by atoms with Crippen LogP contribution in [0.2, 0.25) is 0 Å². The van der Waals surface area contributed by atoms with Crippen molar-refractivity contribution in [1.82, 2.24) is 4.90 Å². The Labute approximate surface area is 116 Å². The summed E-state index contributed by atoms with van der Waals surface area (Å²) in [6.07, 6.45) is 2.48. The monoisotopic (exact) mass is 263 g/mol. The van der Waals surface area contributed by atoms with Crippen molar-refractivity contribution in [2.75, 3.05) is 13.1 Å². The van der Waals surface area contributed by atoms with Gasteiger partial charge >= 0.3 is 5.97 Å². The number of rotatable bonds is 8. The molecule has 3 heteroatoms. The molecule has 0 aliphatic rings. The van der Waals surface area contributed by atoms with E-state index in [1.165, 1.54) is 0 Å². The summed E-state index contributed by atoms with van der Waals surface area (Å²) in [5, 5.41) is 9.68. The van der Waals surface area contributed by atoms with Crippen LogP contribution in [-0.4, -0.2) is 34.6 Å². The van der Waals surface area contributed by atoms with E-state index in [-0.39, 0.29) is 0 Å². The van der Waals surface area contributed by atoms with Gasteiger partial charge in [0.05, 0.1) is 0 Å². The quantitative estimate of drug-likeness (QED) is 0.783. The Hall–Kier alpha value is -1.35. The number of hydrogen-bond acceptors (Lipinski definition) is 2. The number of carboxylic acids is 1. The molecule has 0 amide bonds. The highest BCUT2D eigenvalue weighted by Crippen LogP contribution is 2.22. The first kappa shape index (κ1) is 15.7. The van der Waals surface area contributed by atoms with Crippen molar-refractivity contribution in [2.45, 2.75) is 45.6 Å². The number of nitrogens with zero attached hydrogens (tertiary/aromatic N) is 1. The molecule has 1 unspecified atom stereocenters. The van der Waals surface area contributed by atoms with Gasteiger partial charge in [0.2, 0.25) is 0 Å². The first-order chi connectivity index (χ1) is 9.04. The van der Waals surface area contributed by atoms with Crippen molar-refractivity contribution in [3.8, 4) is 0 Å². The maximum absolute atomic E-state index is 11.8. The average Bonchev–Trinajstić information content (AvgIpc) is 2.39. The zero-order chi connectivity index (χ0) is 14.3. The Morgan fingerprint density at radius 1 is 1.16 bits per heavy atom. The molecule has 1 atom stereocenters. The fraction of sp³-hybridized carbons (Fsp3) is 0.562. The largest absolute Gasteiger partial charge is 0.480 e. The number of aliphatic carboxylic acids is 1. The van der Waals surface area contributed by atoms with Crippen LogP contribution in [0.5, 0.6) is 0 Å². The van der Waals surface area contributed by atoms with E-state index >= 15 is 0 Å². The van der Waals surface area contributed by atoms with Gasteiger partial charge < -0.3 is 5.11 Å². The topological polar surface area (TPSA) is 40.5 Å². The second-order valence-electron chi connectivity index (χ2n) is 5.23. The molecular formula is C16H25NO2. The van der Waals surface area contributed by atoms with Crippen molar-refractivity contribution >= 4 is 5.97 Å². The highest BCUT2D eigenvalue weighted by molar-refractivity contribution is 5.78. The van der Waals surface area contributed by atoms with E-state index < -0.39 is 11.5 Å². The van der Waals surface area contributed by atoms with Gasteiger partial charge in [0.15, 0.2) is 0 Å². The SMILES string of the molecule is CCCN(CCC)C(C)(Cc1ccccc1)C(=O)O. The van der Waals surface area contributed by atoms with Crippen molar-refractivity contribution in [2.24, 2.45) is 0 Å². The molecule has 0 radical (unpaired) electrons. The van der Waals surface area contributed by atoms with Gasteiger partial charge in [-0.2, -0.15) is 0 Å². The zero-order valence-corrected chi connectivity index (χ0v) is 12.2. The molecule has 1 aromatic rings. The van der Waals surface area contributed by atoms with Gasteiger partial charge in [0.1, 0.15) is 5.54 Å². The van der Waals surface area contributed by atoms with Crippen LogP contribution in [0.15, 0.2) is 30.3 Å². The van der Waals surface area contributed by atoms with Crippen molar-refractivity contribution < 1.29 is 9.90 Å². The number of benzene rings is 1. The lowest BCUT2D eigenvalue weighted by atomic mass is 9.90. The Kier molecular flexibility index (Phi) is 6.03. The summed E-state index contributed by atoms with van der Waals surface area (Å²) in [7, 11) is 0. The molecule has 1 N–H and O–H groups in total. The van der Waals surface area contributed by atoms with Crippen molar-refractivity contribution in [1.29, 1.82) is 0 Å². The zero-order valence-electron chi connectivity index (χ0n) is 12.2. The minimum Gasteiger partial charge on any atom is -0.480 e. The molecule has 0 fully saturated rings. The molecule has 3 nitrogen and oxygen atoms in total. The Morgan fingerprint density at radius 2 is 1.68 bits per heavy atom. The second-order valence-corrected chi connectivity index (χ2v) is 5.23. The van der Waals surface area contributed by atoms with Crippen LogP contribution in [0.3, 0.4) is 0 Å². The molecule has 0 saturated heterocycles. The van der Waals surface area contributed by atoms with Gasteiger partial charge in [-0.3, -0.25) is 9.69 Å². The van der Waals surface area contributed by atoms with E-state index in [1.54, 1.807) is 0 Å². The maximum atomic E-state index is 11.8. The first-order valence-electron chi connectivity index (χ1n) is 7.07. The third kappa shape index (κ3) is 4.06. The predicted octanol–water partition coefficient (Wildman–Crippen LogP) is 3.19. The summed E-state index contributed by atoms with van der Waals surface area (Å²) in [6.45, 7) is 7.67. The molecular weight excluding hydrogens is 238 g/mol. The van der Waals surface area contributed by atoms with E-state index in [0.29, 0.717) is 6.42 Å². The molecule has 0 aliphatic heterocycles. The van der Waals surface area contributed by atoms with Gasteiger partial charge in [-0.05, 0) is 38.4 Å². The second kappa shape index (κ2) is 7.29. The van der Waals surface area contributed by atoms with Crippen LogP contribution in [0, 0.1) is 0 Å². The van der Waals surface area contributed by atoms with E-state index in [1.807, 2.05) is 37.3 Å². The number of carboxylic acid groups (broad SMARTS) is 1. The van der Waals surface area contributed by atoms with Crippen LogP contribution < -0.4 is 0 Å². The molecule has 0 aromatic heterocycles. The molecule has 1 rings (SSSR count). The first-order valence-corrected chi connectivity index (χ1v) is 7.07. The summed E-state index contributed by atoms with van der Waals surface area (Å²) in [5.74, 6) is -0.738. The lowest BCUT2D eigenvalue weighted by Gasteiger charge is -2.38. The third-order valence-electron chi connectivity index (χ3n) is 3.54. The lowest BCUT2D eigenvalue weighted by Crippen LogP contribution is -2.54. The highest BCUT2D eigenvalue weighted by Gasteiger charge is 2.38. The van der Waals surface area contributed by atoms with Gasteiger partial charge in [0, 0.05) is 6.42 Å². The normalized spacial score (nSPS) is 14.3. The minimum atomic E-state index is -0.826. The van der Waals surface area contributed by atoms with Crippen LogP contribution in [0.25, 0.3) is 0 Å². The predicted molar refractivity (Wildman–Crippen MR) is 78.3 cm³/mol. The maximum Gasteiger partial charge on any atom is 0.324 e. The van der Waals surface area contributed by atoms with Crippen molar-refractivity contribution in [3.63, 3.8) is 0 Å². The fourth-order valence-corrected chi connectivity index (χ4v) is 2.46. The lowest BCUT2D eigenvalue weighted by molar-refractivity contribution is -0.150. The molecule has 0 bridgehead atoms. The Morgan fingerprint density at radius 3 is 2.11 bits per heavy atom. The van der Waals surface area contributed by atoms with E-state index in [9.17, 15) is 9.90 Å². The summed E-state index contributed by atoms with van der Waals surface area (Å²) in [4.78, 5) is 13.9. The molecule has 0 heterocycles. The molecule has 0 aliphatic carbocycles. The summed E-state index contributed by atoms with van der Waals surface area (Å²) in [6, 6.07) is 9.87. The molecule has 0 saturated carbocycles. The highest BCUT2D eigenvalue weighted by atomic mass is 16.4.